The van der Waals surface area contributed by atoms with E-state index in [9.17, 15) is 14.4 Å². The Hall–Kier alpha value is -3.93. The summed E-state index contributed by atoms with van der Waals surface area (Å²) in [7, 11) is 0. The highest BCUT2D eigenvalue weighted by Gasteiger charge is 2.19. The molecule has 75 heavy (non-hydrogen) atoms. The maximum absolute atomic E-state index is 12.9. The number of hydrogen-bond donors (Lipinski definition) is 0. The van der Waals surface area contributed by atoms with Crippen molar-refractivity contribution in [1.82, 2.24) is 0 Å². The highest BCUT2D eigenvalue weighted by molar-refractivity contribution is 5.71. The van der Waals surface area contributed by atoms with Gasteiger partial charge in [-0.3, -0.25) is 14.4 Å². The molecule has 0 spiro atoms. The molecule has 0 saturated heterocycles. The summed E-state index contributed by atoms with van der Waals surface area (Å²) in [6.45, 7) is 6.36. The van der Waals surface area contributed by atoms with Crippen molar-refractivity contribution in [2.24, 2.45) is 0 Å². The van der Waals surface area contributed by atoms with Crippen molar-refractivity contribution in [3.8, 4) is 0 Å². The molecule has 1 atom stereocenters. The number of unbranched alkanes of at least 4 members (excludes halogenated alkanes) is 27. The van der Waals surface area contributed by atoms with Gasteiger partial charge in [0.25, 0.3) is 0 Å². The van der Waals surface area contributed by atoms with E-state index in [1.54, 1.807) is 0 Å². The first-order chi connectivity index (χ1) is 37.0. The van der Waals surface area contributed by atoms with E-state index in [1.165, 1.54) is 154 Å². The Morgan fingerprint density at radius 1 is 0.280 bits per heavy atom. The zero-order valence-corrected chi connectivity index (χ0v) is 49.0. The fourth-order valence-corrected chi connectivity index (χ4v) is 8.62. The van der Waals surface area contributed by atoms with Crippen LogP contribution in [0.3, 0.4) is 0 Å². The van der Waals surface area contributed by atoms with E-state index in [1.807, 2.05) is 6.08 Å². The lowest BCUT2D eigenvalue weighted by atomic mass is 10.0. The van der Waals surface area contributed by atoms with Gasteiger partial charge in [-0.15, -0.1) is 0 Å². The molecule has 0 aromatic rings. The van der Waals surface area contributed by atoms with Crippen LogP contribution in [0.5, 0.6) is 0 Å². The van der Waals surface area contributed by atoms with Crippen LogP contribution in [-0.4, -0.2) is 37.2 Å². The Morgan fingerprint density at radius 3 is 0.907 bits per heavy atom. The van der Waals surface area contributed by atoms with Gasteiger partial charge in [-0.2, -0.15) is 0 Å². The molecule has 0 N–H and O–H groups in total. The Kier molecular flexibility index (Phi) is 59.3. The highest BCUT2D eigenvalue weighted by atomic mass is 16.6. The lowest BCUT2D eigenvalue weighted by Gasteiger charge is -2.18. The van der Waals surface area contributed by atoms with Crippen molar-refractivity contribution in [2.75, 3.05) is 13.2 Å². The number of allylic oxidation sites excluding steroid dienone is 18. The van der Waals surface area contributed by atoms with E-state index in [4.69, 9.17) is 14.2 Å². The summed E-state index contributed by atoms with van der Waals surface area (Å²) in [4.78, 5) is 38.2. The molecule has 0 bridgehead atoms. The van der Waals surface area contributed by atoms with Gasteiger partial charge >= 0.3 is 17.9 Å². The molecule has 0 heterocycles. The lowest BCUT2D eigenvalue weighted by molar-refractivity contribution is -0.166. The number of ether oxygens (including phenoxy) is 3. The SMILES string of the molecule is CC/C=C\C/C=C\C/C=C\C/C=C\CCCCCCCCCCCCCCCCC(=O)OCC(COC(=O)CC/C=C\C/C=C\C/C=C\C/C=C\CC)OC(=O)CCCCCCCCC/C=C\CCCCCCCC. The summed E-state index contributed by atoms with van der Waals surface area (Å²) in [6, 6.07) is 0. The third-order valence-electron chi connectivity index (χ3n) is 13.3. The molecule has 0 radical (unpaired) electrons. The van der Waals surface area contributed by atoms with Crippen LogP contribution in [0.15, 0.2) is 109 Å². The first-order valence-corrected chi connectivity index (χ1v) is 31.4. The minimum atomic E-state index is -0.810. The van der Waals surface area contributed by atoms with Gasteiger partial charge in [-0.05, 0) is 109 Å². The minimum Gasteiger partial charge on any atom is -0.462 e. The molecule has 0 aliphatic heterocycles. The van der Waals surface area contributed by atoms with Crippen LogP contribution in [0.25, 0.3) is 0 Å². The quantitative estimate of drug-likeness (QED) is 0.0261. The molecule has 0 fully saturated rings. The molecule has 0 rings (SSSR count). The van der Waals surface area contributed by atoms with E-state index in [0.717, 1.165) is 89.9 Å². The first kappa shape index (κ1) is 71.1. The van der Waals surface area contributed by atoms with Crippen molar-refractivity contribution < 1.29 is 28.6 Å². The summed E-state index contributed by atoms with van der Waals surface area (Å²) in [6.07, 6.45) is 85.4. The van der Waals surface area contributed by atoms with Gasteiger partial charge in [0.2, 0.25) is 0 Å². The molecule has 0 aliphatic rings. The van der Waals surface area contributed by atoms with Crippen molar-refractivity contribution in [2.45, 2.75) is 297 Å². The number of rotatable bonds is 56. The van der Waals surface area contributed by atoms with Gasteiger partial charge in [0, 0.05) is 19.3 Å². The third kappa shape index (κ3) is 60.8. The fourth-order valence-electron chi connectivity index (χ4n) is 8.62. The number of carbonyl (C=O) groups is 3. The minimum absolute atomic E-state index is 0.102. The zero-order valence-electron chi connectivity index (χ0n) is 49.0. The van der Waals surface area contributed by atoms with E-state index < -0.39 is 6.10 Å². The molecular formula is C69H116O6. The van der Waals surface area contributed by atoms with Crippen LogP contribution in [0.2, 0.25) is 0 Å². The van der Waals surface area contributed by atoms with E-state index in [-0.39, 0.29) is 37.5 Å². The van der Waals surface area contributed by atoms with Crippen LogP contribution in [-0.2, 0) is 28.6 Å². The average Bonchev–Trinajstić information content (AvgIpc) is 3.41. The normalized spacial score (nSPS) is 12.8. The maximum atomic E-state index is 12.9. The van der Waals surface area contributed by atoms with Gasteiger partial charge < -0.3 is 14.2 Å². The molecule has 6 nitrogen and oxygen atoms in total. The van der Waals surface area contributed by atoms with Gasteiger partial charge in [0.1, 0.15) is 13.2 Å². The van der Waals surface area contributed by atoms with Crippen LogP contribution in [0.4, 0.5) is 0 Å². The van der Waals surface area contributed by atoms with Crippen molar-refractivity contribution in [1.29, 1.82) is 0 Å². The van der Waals surface area contributed by atoms with Crippen molar-refractivity contribution in [3.63, 3.8) is 0 Å². The largest absolute Gasteiger partial charge is 0.462 e. The lowest BCUT2D eigenvalue weighted by Crippen LogP contribution is -2.30. The molecule has 0 amide bonds. The summed E-state index contributed by atoms with van der Waals surface area (Å²) in [5.74, 6) is -0.986. The van der Waals surface area contributed by atoms with Crippen molar-refractivity contribution in [3.05, 3.63) is 109 Å². The predicted octanol–water partition coefficient (Wildman–Crippen LogP) is 21.4. The van der Waals surface area contributed by atoms with Crippen LogP contribution >= 0.6 is 0 Å². The van der Waals surface area contributed by atoms with Crippen molar-refractivity contribution >= 4 is 17.9 Å². The molecule has 0 saturated carbocycles. The third-order valence-corrected chi connectivity index (χ3v) is 13.3. The highest BCUT2D eigenvalue weighted by Crippen LogP contribution is 2.16. The van der Waals surface area contributed by atoms with Crippen LogP contribution in [0.1, 0.15) is 290 Å². The van der Waals surface area contributed by atoms with E-state index >= 15 is 0 Å². The molecule has 0 aromatic carbocycles. The molecule has 428 valence electrons. The number of carbonyl (C=O) groups excluding carboxylic acids is 3. The maximum Gasteiger partial charge on any atom is 0.306 e. The number of esters is 3. The standard InChI is InChI=1S/C69H116O6/c1-4-7-10-13-16-19-22-25-27-29-30-31-32-33-34-35-36-37-38-40-41-44-47-50-53-56-59-62-68(71)74-65-66(64-73-67(70)61-58-55-52-49-46-43-24-21-18-15-12-9-6-3)75-69(72)63-60-57-54-51-48-45-42-39-28-26-23-20-17-14-11-8-5-2/h7,9-10,12,16,18-19,21,25-28,30-31,43,46,52,55,66H,4-6,8,11,13-15,17,20,22-24,29,32-42,44-45,47-51,53-54,56-65H2,1-3H3/b10-7-,12-9-,19-16-,21-18-,27-25-,28-26-,31-30-,46-43-,55-52-. The second-order valence-electron chi connectivity index (χ2n) is 20.5. The zero-order chi connectivity index (χ0) is 54.3. The van der Waals surface area contributed by atoms with Gasteiger partial charge in [0.05, 0.1) is 0 Å². The van der Waals surface area contributed by atoms with Crippen LogP contribution in [0, 0.1) is 0 Å². The topological polar surface area (TPSA) is 78.9 Å². The summed E-state index contributed by atoms with van der Waals surface area (Å²) in [5, 5.41) is 0. The predicted molar refractivity (Wildman–Crippen MR) is 325 cm³/mol. The second-order valence-corrected chi connectivity index (χ2v) is 20.5. The Bertz CT molecular complexity index is 1520. The summed E-state index contributed by atoms with van der Waals surface area (Å²) < 4.78 is 16.8. The first-order valence-electron chi connectivity index (χ1n) is 31.4. The Labute approximate surface area is 463 Å². The van der Waals surface area contributed by atoms with Gasteiger partial charge in [0.15, 0.2) is 6.10 Å². The van der Waals surface area contributed by atoms with E-state index in [2.05, 4.69) is 124 Å². The van der Waals surface area contributed by atoms with Crippen LogP contribution < -0.4 is 0 Å². The monoisotopic (exact) mass is 1040 g/mol. The molecule has 6 heteroatoms. The van der Waals surface area contributed by atoms with E-state index in [0.29, 0.717) is 19.3 Å². The number of hydrogen-bond acceptors (Lipinski definition) is 6. The fraction of sp³-hybridized carbons (Fsp3) is 0.696. The summed E-state index contributed by atoms with van der Waals surface area (Å²) in [5.41, 5.74) is 0. The molecule has 0 aromatic heterocycles. The molecular weight excluding hydrogens is 925 g/mol. The Balaban J connectivity index is 4.31. The molecule has 0 aliphatic carbocycles. The Morgan fingerprint density at radius 2 is 0.547 bits per heavy atom. The average molecular weight is 1040 g/mol. The van der Waals surface area contributed by atoms with Gasteiger partial charge in [-0.1, -0.05) is 271 Å². The smallest absolute Gasteiger partial charge is 0.306 e. The second kappa shape index (κ2) is 62.6. The molecule has 1 unspecified atom stereocenters. The van der Waals surface area contributed by atoms with Gasteiger partial charge in [-0.25, -0.2) is 0 Å². The summed E-state index contributed by atoms with van der Waals surface area (Å²) >= 11 is 0.